The van der Waals surface area contributed by atoms with E-state index in [-0.39, 0.29) is 6.10 Å². The van der Waals surface area contributed by atoms with Gasteiger partial charge >= 0.3 is 0 Å². The highest BCUT2D eigenvalue weighted by atomic mass is 16.3. The van der Waals surface area contributed by atoms with Gasteiger partial charge in [0.1, 0.15) is 5.75 Å². The highest BCUT2D eigenvalue weighted by molar-refractivity contribution is 5.43. The summed E-state index contributed by atoms with van der Waals surface area (Å²) in [6.45, 7) is 4.00. The van der Waals surface area contributed by atoms with Crippen LogP contribution < -0.4 is 0 Å². The third-order valence-electron chi connectivity index (χ3n) is 8.06. The summed E-state index contributed by atoms with van der Waals surface area (Å²) in [4.78, 5) is 0. The van der Waals surface area contributed by atoms with Crippen LogP contribution in [-0.2, 0) is 0 Å². The second-order valence-corrected chi connectivity index (χ2v) is 9.80. The van der Waals surface area contributed by atoms with Crippen molar-refractivity contribution < 1.29 is 10.2 Å². The van der Waals surface area contributed by atoms with Crippen LogP contribution in [0.15, 0.2) is 71.8 Å². The van der Waals surface area contributed by atoms with Crippen LogP contribution in [0, 0.1) is 24.7 Å². The number of hydrogen-bond acceptors (Lipinski definition) is 2. The van der Waals surface area contributed by atoms with Gasteiger partial charge in [-0.3, -0.25) is 0 Å². The second-order valence-electron chi connectivity index (χ2n) is 9.80. The Kier molecular flexibility index (Phi) is 5.06. The maximum atomic E-state index is 10.6. The van der Waals surface area contributed by atoms with Crippen molar-refractivity contribution in [1.29, 1.82) is 0 Å². The number of phenolic OH excluding ortho intramolecular Hbond substituents is 1. The quantitative estimate of drug-likeness (QED) is 0.637. The molecule has 6 unspecified atom stereocenters. The number of aliphatic hydroxyl groups excluding tert-OH is 1. The van der Waals surface area contributed by atoms with E-state index in [2.05, 4.69) is 54.6 Å². The van der Waals surface area contributed by atoms with Crippen molar-refractivity contribution in [2.45, 2.75) is 57.5 Å². The molecule has 3 aliphatic carbocycles. The molecule has 6 atom stereocenters. The highest BCUT2D eigenvalue weighted by Gasteiger charge is 2.49. The van der Waals surface area contributed by atoms with Crippen LogP contribution in [0.4, 0.5) is 0 Å². The second kappa shape index (κ2) is 7.74. The number of aromatic hydroxyl groups is 1. The SMILES string of the molecule is CC1=CC=C(C(c2ccc(O)c(C)c2)C2CC3CC2CC3c2ccccc2)CC1O. The van der Waals surface area contributed by atoms with E-state index in [1.165, 1.54) is 36.0 Å². The zero-order valence-electron chi connectivity index (χ0n) is 18.0. The van der Waals surface area contributed by atoms with Gasteiger partial charge in [0.15, 0.2) is 0 Å². The van der Waals surface area contributed by atoms with Gasteiger partial charge in [-0.05, 0) is 91.5 Å². The summed E-state index contributed by atoms with van der Waals surface area (Å²) < 4.78 is 0. The monoisotopic (exact) mass is 400 g/mol. The van der Waals surface area contributed by atoms with E-state index in [1.54, 1.807) is 0 Å². The van der Waals surface area contributed by atoms with Crippen molar-refractivity contribution in [3.8, 4) is 5.75 Å². The zero-order valence-corrected chi connectivity index (χ0v) is 18.0. The smallest absolute Gasteiger partial charge is 0.118 e. The Labute approximate surface area is 180 Å². The molecule has 0 heterocycles. The Balaban J connectivity index is 1.47. The number of phenols is 1. The summed E-state index contributed by atoms with van der Waals surface area (Å²) in [5.74, 6) is 3.49. The summed E-state index contributed by atoms with van der Waals surface area (Å²) in [6, 6.07) is 17.2. The molecule has 2 aromatic rings. The Morgan fingerprint density at radius 1 is 0.900 bits per heavy atom. The van der Waals surface area contributed by atoms with E-state index in [4.69, 9.17) is 0 Å². The summed E-state index contributed by atoms with van der Waals surface area (Å²) >= 11 is 0. The molecule has 156 valence electrons. The van der Waals surface area contributed by atoms with E-state index in [9.17, 15) is 10.2 Å². The summed E-state index contributed by atoms with van der Waals surface area (Å²) in [5.41, 5.74) is 6.15. The van der Waals surface area contributed by atoms with E-state index in [0.29, 0.717) is 23.5 Å². The molecule has 3 aliphatic rings. The molecule has 5 rings (SSSR count). The predicted molar refractivity (Wildman–Crippen MR) is 122 cm³/mol. The van der Waals surface area contributed by atoms with E-state index < -0.39 is 0 Å². The first-order chi connectivity index (χ1) is 14.5. The van der Waals surface area contributed by atoms with Gasteiger partial charge in [-0.1, -0.05) is 60.2 Å². The number of aliphatic hydroxyl groups is 1. The molecule has 2 bridgehead atoms. The van der Waals surface area contributed by atoms with Crippen LogP contribution in [0.3, 0.4) is 0 Å². The summed E-state index contributed by atoms with van der Waals surface area (Å²) in [5, 5.41) is 20.6. The topological polar surface area (TPSA) is 40.5 Å². The van der Waals surface area contributed by atoms with Crippen molar-refractivity contribution in [2.24, 2.45) is 17.8 Å². The first kappa shape index (κ1) is 19.6. The molecule has 0 aromatic heterocycles. The van der Waals surface area contributed by atoms with Gasteiger partial charge in [0.25, 0.3) is 0 Å². The molecule has 0 amide bonds. The van der Waals surface area contributed by atoms with Crippen molar-refractivity contribution in [3.63, 3.8) is 0 Å². The lowest BCUT2D eigenvalue weighted by atomic mass is 9.68. The third-order valence-corrected chi connectivity index (χ3v) is 8.06. The Morgan fingerprint density at radius 3 is 2.37 bits per heavy atom. The van der Waals surface area contributed by atoms with Gasteiger partial charge in [0, 0.05) is 5.92 Å². The molecule has 2 fully saturated rings. The molecule has 0 spiro atoms. The van der Waals surface area contributed by atoms with Crippen LogP contribution >= 0.6 is 0 Å². The van der Waals surface area contributed by atoms with Gasteiger partial charge in [-0.2, -0.15) is 0 Å². The van der Waals surface area contributed by atoms with Crippen LogP contribution in [-0.4, -0.2) is 16.3 Å². The first-order valence-electron chi connectivity index (χ1n) is 11.4. The molecular weight excluding hydrogens is 368 g/mol. The van der Waals surface area contributed by atoms with Gasteiger partial charge < -0.3 is 10.2 Å². The minimum Gasteiger partial charge on any atom is -0.508 e. The maximum absolute atomic E-state index is 10.6. The molecule has 2 N–H and O–H groups in total. The van der Waals surface area contributed by atoms with Crippen LogP contribution in [0.1, 0.15) is 61.1 Å². The zero-order chi connectivity index (χ0) is 20.8. The fourth-order valence-electron chi connectivity index (χ4n) is 6.48. The minimum atomic E-state index is -0.374. The molecule has 30 heavy (non-hydrogen) atoms. The van der Waals surface area contributed by atoms with Crippen LogP contribution in [0.25, 0.3) is 0 Å². The molecular formula is C28H32O2. The highest BCUT2D eigenvalue weighted by Crippen LogP contribution is 2.60. The Morgan fingerprint density at radius 2 is 1.70 bits per heavy atom. The number of benzene rings is 2. The average Bonchev–Trinajstić information content (AvgIpc) is 3.35. The number of rotatable bonds is 4. The molecule has 0 radical (unpaired) electrons. The lowest BCUT2D eigenvalue weighted by Crippen LogP contribution is -2.26. The van der Waals surface area contributed by atoms with Gasteiger partial charge in [0.2, 0.25) is 0 Å². The van der Waals surface area contributed by atoms with Gasteiger partial charge in [-0.15, -0.1) is 0 Å². The number of allylic oxidation sites excluding steroid dienone is 2. The first-order valence-corrected chi connectivity index (χ1v) is 11.4. The molecule has 2 saturated carbocycles. The predicted octanol–water partition coefficient (Wildman–Crippen LogP) is 6.25. The molecule has 0 saturated heterocycles. The van der Waals surface area contributed by atoms with E-state index >= 15 is 0 Å². The van der Waals surface area contributed by atoms with Crippen molar-refractivity contribution >= 4 is 0 Å². The minimum absolute atomic E-state index is 0.329. The standard InChI is InChI=1S/C28H32O2/c1-17-8-9-21(16-27(17)30)28(20-10-11-26(29)18(2)12-20)25-15-22-13-23(25)14-24(22)19-6-4-3-5-7-19/h3-12,22-25,27-30H,13-16H2,1-2H3. The van der Waals surface area contributed by atoms with Gasteiger partial charge in [0.05, 0.1) is 6.10 Å². The third kappa shape index (κ3) is 3.41. The number of hydrogen-bond donors (Lipinski definition) is 2. The molecule has 2 aromatic carbocycles. The summed E-state index contributed by atoms with van der Waals surface area (Å²) in [7, 11) is 0. The molecule has 2 heteroatoms. The largest absolute Gasteiger partial charge is 0.508 e. The fraction of sp³-hybridized carbons (Fsp3) is 0.429. The summed E-state index contributed by atoms with van der Waals surface area (Å²) in [6.07, 6.45) is 8.56. The Bertz CT molecular complexity index is 987. The normalized spacial score (nSPS) is 31.4. The lowest BCUT2D eigenvalue weighted by molar-refractivity contribution is 0.200. The maximum Gasteiger partial charge on any atom is 0.118 e. The fourth-order valence-corrected chi connectivity index (χ4v) is 6.48. The van der Waals surface area contributed by atoms with Crippen molar-refractivity contribution in [2.75, 3.05) is 0 Å². The molecule has 2 nitrogen and oxygen atoms in total. The number of fused-ring (bicyclic) bond motifs is 2. The van der Waals surface area contributed by atoms with Crippen LogP contribution in [0.2, 0.25) is 0 Å². The molecule has 0 aliphatic heterocycles. The Hall–Kier alpha value is -2.32. The van der Waals surface area contributed by atoms with Crippen molar-refractivity contribution in [3.05, 3.63) is 88.5 Å². The van der Waals surface area contributed by atoms with E-state index in [1.807, 2.05) is 19.9 Å². The van der Waals surface area contributed by atoms with Crippen LogP contribution in [0.5, 0.6) is 5.75 Å². The number of aryl methyl sites for hydroxylation is 1. The lowest BCUT2D eigenvalue weighted by Gasteiger charge is -2.37. The van der Waals surface area contributed by atoms with Crippen molar-refractivity contribution in [1.82, 2.24) is 0 Å². The van der Waals surface area contributed by atoms with Gasteiger partial charge in [-0.25, -0.2) is 0 Å². The average molecular weight is 401 g/mol. The van der Waals surface area contributed by atoms with E-state index in [0.717, 1.165) is 29.4 Å².